The van der Waals surface area contributed by atoms with E-state index in [1.54, 1.807) is 19.1 Å². The van der Waals surface area contributed by atoms with Crippen molar-refractivity contribution in [1.29, 1.82) is 0 Å². The normalized spacial score (nSPS) is 11.9. The highest BCUT2D eigenvalue weighted by molar-refractivity contribution is 7.86. The van der Waals surface area contributed by atoms with Gasteiger partial charge in [0.2, 0.25) is 0 Å². The number of esters is 1. The van der Waals surface area contributed by atoms with Crippen LogP contribution in [0.25, 0.3) is 0 Å². The zero-order valence-corrected chi connectivity index (χ0v) is 17.0. The van der Waals surface area contributed by atoms with Crippen molar-refractivity contribution >= 4 is 22.2 Å². The summed E-state index contributed by atoms with van der Waals surface area (Å²) in [7, 11) is -3.65. The SMILES string of the molecule is CCOC(=O)C(CNC(=O)OCc1ccccc1)c1ccc(OS(C)(=O)=O)cc1. The first kappa shape index (κ1) is 22.2. The number of hydrogen-bond acceptors (Lipinski definition) is 7. The van der Waals surface area contributed by atoms with Gasteiger partial charge in [0.05, 0.1) is 18.8 Å². The van der Waals surface area contributed by atoms with E-state index in [2.05, 4.69) is 5.32 Å². The number of carbonyl (C=O) groups is 2. The molecule has 0 saturated carbocycles. The first-order valence-corrected chi connectivity index (χ1v) is 10.7. The van der Waals surface area contributed by atoms with Gasteiger partial charge in [-0.05, 0) is 30.2 Å². The average molecular weight is 421 g/mol. The average Bonchev–Trinajstić information content (AvgIpc) is 2.67. The van der Waals surface area contributed by atoms with Crippen molar-refractivity contribution < 1.29 is 31.7 Å². The lowest BCUT2D eigenvalue weighted by atomic mass is 9.99. The van der Waals surface area contributed by atoms with Gasteiger partial charge in [0.1, 0.15) is 12.4 Å². The third kappa shape index (κ3) is 7.82. The van der Waals surface area contributed by atoms with E-state index in [1.807, 2.05) is 30.3 Å². The molecule has 0 spiro atoms. The Hall–Kier alpha value is -3.07. The second-order valence-electron chi connectivity index (χ2n) is 6.10. The highest BCUT2D eigenvalue weighted by Crippen LogP contribution is 2.21. The second-order valence-corrected chi connectivity index (χ2v) is 7.68. The molecule has 0 radical (unpaired) electrons. The lowest BCUT2D eigenvalue weighted by molar-refractivity contribution is -0.144. The van der Waals surface area contributed by atoms with E-state index in [0.717, 1.165) is 11.8 Å². The van der Waals surface area contributed by atoms with Gasteiger partial charge in [-0.15, -0.1) is 0 Å². The Bertz CT molecular complexity index is 912. The van der Waals surface area contributed by atoms with Gasteiger partial charge in [-0.3, -0.25) is 4.79 Å². The van der Waals surface area contributed by atoms with E-state index in [9.17, 15) is 18.0 Å². The molecule has 0 aliphatic heterocycles. The summed E-state index contributed by atoms with van der Waals surface area (Å²) < 4.78 is 37.4. The number of carbonyl (C=O) groups excluding carboxylic acids is 2. The molecule has 0 aliphatic rings. The molecule has 0 heterocycles. The molecule has 2 rings (SSSR count). The van der Waals surface area contributed by atoms with Crippen LogP contribution in [0, 0.1) is 0 Å². The predicted molar refractivity (Wildman–Crippen MR) is 106 cm³/mol. The molecule has 1 atom stereocenters. The van der Waals surface area contributed by atoms with Crippen molar-refractivity contribution in [3.05, 3.63) is 65.7 Å². The molecule has 9 heteroatoms. The lowest BCUT2D eigenvalue weighted by Crippen LogP contribution is -2.33. The van der Waals surface area contributed by atoms with Crippen molar-refractivity contribution in [2.45, 2.75) is 19.4 Å². The Labute approximate surface area is 169 Å². The summed E-state index contributed by atoms with van der Waals surface area (Å²) in [6.07, 6.45) is 0.271. The molecule has 2 aromatic carbocycles. The van der Waals surface area contributed by atoms with E-state index >= 15 is 0 Å². The van der Waals surface area contributed by atoms with Crippen LogP contribution in [0.3, 0.4) is 0 Å². The van der Waals surface area contributed by atoms with Crippen molar-refractivity contribution in [2.75, 3.05) is 19.4 Å². The Morgan fingerprint density at radius 2 is 1.66 bits per heavy atom. The molecular weight excluding hydrogens is 398 g/mol. The third-order valence-corrected chi connectivity index (χ3v) is 4.26. The molecule has 0 saturated heterocycles. The van der Waals surface area contributed by atoms with Gasteiger partial charge >= 0.3 is 22.2 Å². The second kappa shape index (κ2) is 10.5. The van der Waals surface area contributed by atoms with Gasteiger partial charge < -0.3 is 19.0 Å². The molecule has 0 aromatic heterocycles. The highest BCUT2D eigenvalue weighted by atomic mass is 32.2. The number of ether oxygens (including phenoxy) is 2. The molecule has 0 aliphatic carbocycles. The summed E-state index contributed by atoms with van der Waals surface area (Å²) in [5.41, 5.74) is 1.37. The molecule has 1 N–H and O–H groups in total. The van der Waals surface area contributed by atoms with Crippen molar-refractivity contribution in [3.63, 3.8) is 0 Å². The molecule has 2 aromatic rings. The quantitative estimate of drug-likeness (QED) is 0.490. The first-order chi connectivity index (χ1) is 13.8. The van der Waals surface area contributed by atoms with Crippen LogP contribution in [-0.2, 0) is 31.0 Å². The van der Waals surface area contributed by atoms with Crippen LogP contribution in [0.5, 0.6) is 5.75 Å². The van der Waals surface area contributed by atoms with Crippen LogP contribution < -0.4 is 9.50 Å². The van der Waals surface area contributed by atoms with Gasteiger partial charge in [0.15, 0.2) is 0 Å². The van der Waals surface area contributed by atoms with Gasteiger partial charge in [0, 0.05) is 6.54 Å². The number of benzene rings is 2. The number of hydrogen-bond donors (Lipinski definition) is 1. The largest absolute Gasteiger partial charge is 0.465 e. The summed E-state index contributed by atoms with van der Waals surface area (Å²) >= 11 is 0. The molecular formula is C20H23NO7S. The molecule has 0 fully saturated rings. The minimum atomic E-state index is -3.65. The van der Waals surface area contributed by atoms with Crippen LogP contribution in [0.2, 0.25) is 0 Å². The summed E-state index contributed by atoms with van der Waals surface area (Å²) in [5, 5.41) is 2.55. The first-order valence-electron chi connectivity index (χ1n) is 8.89. The topological polar surface area (TPSA) is 108 Å². The number of rotatable bonds is 9. The maximum absolute atomic E-state index is 12.3. The minimum Gasteiger partial charge on any atom is -0.465 e. The van der Waals surface area contributed by atoms with Crippen LogP contribution in [0.15, 0.2) is 54.6 Å². The molecule has 1 amide bonds. The third-order valence-electron chi connectivity index (χ3n) is 3.76. The Morgan fingerprint density at radius 1 is 1.00 bits per heavy atom. The fourth-order valence-corrected chi connectivity index (χ4v) is 2.93. The predicted octanol–water partition coefficient (Wildman–Crippen LogP) is 2.60. The van der Waals surface area contributed by atoms with Gasteiger partial charge in [-0.25, -0.2) is 4.79 Å². The van der Waals surface area contributed by atoms with Crippen LogP contribution in [0.1, 0.15) is 24.0 Å². The number of amides is 1. The van der Waals surface area contributed by atoms with Crippen molar-refractivity contribution in [2.24, 2.45) is 0 Å². The smallest absolute Gasteiger partial charge is 0.407 e. The summed E-state index contributed by atoms with van der Waals surface area (Å²) in [6.45, 7) is 1.93. The Morgan fingerprint density at radius 3 is 2.24 bits per heavy atom. The lowest BCUT2D eigenvalue weighted by Gasteiger charge is -2.17. The van der Waals surface area contributed by atoms with Gasteiger partial charge in [-0.1, -0.05) is 42.5 Å². The van der Waals surface area contributed by atoms with E-state index in [0.29, 0.717) is 5.56 Å². The van der Waals surface area contributed by atoms with E-state index in [4.69, 9.17) is 13.7 Å². The fraction of sp³-hybridized carbons (Fsp3) is 0.300. The molecule has 29 heavy (non-hydrogen) atoms. The van der Waals surface area contributed by atoms with E-state index in [1.165, 1.54) is 12.1 Å². The standard InChI is InChI=1S/C20H23NO7S/c1-3-26-19(22)18(16-9-11-17(12-10-16)28-29(2,24)25)13-21-20(23)27-14-15-7-5-4-6-8-15/h4-12,18H,3,13-14H2,1-2H3,(H,21,23). The summed E-state index contributed by atoms with van der Waals surface area (Å²) in [4.78, 5) is 24.3. The van der Waals surface area contributed by atoms with Gasteiger partial charge in [0.25, 0.3) is 0 Å². The van der Waals surface area contributed by atoms with Crippen LogP contribution >= 0.6 is 0 Å². The maximum atomic E-state index is 12.3. The summed E-state index contributed by atoms with van der Waals surface area (Å²) in [5.74, 6) is -1.19. The molecule has 8 nitrogen and oxygen atoms in total. The van der Waals surface area contributed by atoms with Crippen molar-refractivity contribution in [1.82, 2.24) is 5.32 Å². The zero-order chi connectivity index (χ0) is 21.3. The minimum absolute atomic E-state index is 0.0429. The Kier molecular flexibility index (Phi) is 8.02. The maximum Gasteiger partial charge on any atom is 0.407 e. The van der Waals surface area contributed by atoms with Crippen LogP contribution in [0.4, 0.5) is 4.79 Å². The highest BCUT2D eigenvalue weighted by Gasteiger charge is 2.23. The monoisotopic (exact) mass is 421 g/mol. The van der Waals surface area contributed by atoms with Gasteiger partial charge in [-0.2, -0.15) is 8.42 Å². The van der Waals surface area contributed by atoms with E-state index < -0.39 is 28.1 Å². The molecule has 0 bridgehead atoms. The summed E-state index contributed by atoms with van der Waals surface area (Å²) in [6, 6.07) is 15.1. The molecule has 156 valence electrons. The van der Waals surface area contributed by atoms with Crippen LogP contribution in [-0.4, -0.2) is 39.9 Å². The number of alkyl carbamates (subject to hydrolysis) is 1. The molecule has 1 unspecified atom stereocenters. The van der Waals surface area contributed by atoms with E-state index in [-0.39, 0.29) is 25.5 Å². The van der Waals surface area contributed by atoms with Crippen molar-refractivity contribution in [3.8, 4) is 5.75 Å². The Balaban J connectivity index is 2.00. The number of nitrogens with one attached hydrogen (secondary N) is 1. The fourth-order valence-electron chi connectivity index (χ4n) is 2.47. The zero-order valence-electron chi connectivity index (χ0n) is 16.2.